The summed E-state index contributed by atoms with van der Waals surface area (Å²) in [5, 5.41) is 2.87. The van der Waals surface area contributed by atoms with E-state index >= 15 is 0 Å². The molecular weight excluding hydrogens is 259 g/mol. The topological polar surface area (TPSA) is 64.3 Å². The zero-order chi connectivity index (χ0) is 14.8. The number of carbonyl (C=O) groups excluding carboxylic acids is 1. The number of hydrogen-bond acceptors (Lipinski definition) is 3. The second-order valence-electron chi connectivity index (χ2n) is 5.44. The third-order valence-corrected chi connectivity index (χ3v) is 3.95. The molecule has 1 saturated carbocycles. The van der Waals surface area contributed by atoms with Crippen LogP contribution in [0.4, 0.5) is 4.39 Å². The quantitative estimate of drug-likeness (QED) is 0.889. The van der Waals surface area contributed by atoms with E-state index < -0.39 is 5.54 Å². The molecule has 3 N–H and O–H groups in total. The normalized spacial score (nSPS) is 18.6. The fourth-order valence-corrected chi connectivity index (χ4v) is 2.69. The molecular formula is C15H21FN2O2. The van der Waals surface area contributed by atoms with Gasteiger partial charge in [0, 0.05) is 5.56 Å². The van der Waals surface area contributed by atoms with Gasteiger partial charge in [0.1, 0.15) is 11.6 Å². The van der Waals surface area contributed by atoms with Crippen molar-refractivity contribution in [3.63, 3.8) is 0 Å². The van der Waals surface area contributed by atoms with E-state index in [1.807, 2.05) is 0 Å². The van der Waals surface area contributed by atoms with Gasteiger partial charge in [-0.2, -0.15) is 0 Å². The summed E-state index contributed by atoms with van der Waals surface area (Å²) in [5.74, 6) is 0.0238. The van der Waals surface area contributed by atoms with Crippen molar-refractivity contribution in [1.29, 1.82) is 0 Å². The summed E-state index contributed by atoms with van der Waals surface area (Å²) >= 11 is 0. The van der Waals surface area contributed by atoms with Crippen molar-refractivity contribution in [2.45, 2.75) is 44.2 Å². The van der Waals surface area contributed by atoms with Crippen molar-refractivity contribution in [2.24, 2.45) is 5.73 Å². The lowest BCUT2D eigenvalue weighted by Crippen LogP contribution is -2.52. The minimum absolute atomic E-state index is 0.172. The summed E-state index contributed by atoms with van der Waals surface area (Å²) in [6.45, 7) is 1.80. The van der Waals surface area contributed by atoms with Crippen LogP contribution in [0.1, 0.15) is 44.2 Å². The maximum Gasteiger partial charge on any atom is 0.240 e. The average molecular weight is 280 g/mol. The van der Waals surface area contributed by atoms with Crippen LogP contribution in [0.3, 0.4) is 0 Å². The molecule has 0 saturated heterocycles. The number of hydrogen-bond donors (Lipinski definition) is 2. The highest BCUT2D eigenvalue weighted by Crippen LogP contribution is 2.30. The molecule has 0 bridgehead atoms. The van der Waals surface area contributed by atoms with Gasteiger partial charge in [0.2, 0.25) is 5.91 Å². The molecule has 2 rings (SSSR count). The second kappa shape index (κ2) is 5.79. The number of rotatable bonds is 4. The van der Waals surface area contributed by atoms with Gasteiger partial charge in [-0.25, -0.2) is 4.39 Å². The Labute approximate surface area is 118 Å². The van der Waals surface area contributed by atoms with E-state index in [9.17, 15) is 9.18 Å². The van der Waals surface area contributed by atoms with Crippen LogP contribution in [-0.2, 0) is 4.79 Å². The largest absolute Gasteiger partial charge is 0.496 e. The van der Waals surface area contributed by atoms with Crippen molar-refractivity contribution in [1.82, 2.24) is 5.32 Å². The van der Waals surface area contributed by atoms with E-state index in [4.69, 9.17) is 10.5 Å². The summed E-state index contributed by atoms with van der Waals surface area (Å²) in [7, 11) is 1.52. The number of carbonyl (C=O) groups is 1. The van der Waals surface area contributed by atoms with Crippen molar-refractivity contribution >= 4 is 5.91 Å². The van der Waals surface area contributed by atoms with Gasteiger partial charge < -0.3 is 15.8 Å². The highest BCUT2D eigenvalue weighted by molar-refractivity contribution is 5.86. The maximum absolute atomic E-state index is 13.4. The highest BCUT2D eigenvalue weighted by atomic mass is 19.1. The number of amides is 1. The lowest BCUT2D eigenvalue weighted by atomic mass is 9.97. The number of ether oxygens (including phenoxy) is 1. The van der Waals surface area contributed by atoms with Gasteiger partial charge in [-0.1, -0.05) is 12.8 Å². The molecule has 0 spiro atoms. The molecule has 0 radical (unpaired) electrons. The molecule has 1 fully saturated rings. The van der Waals surface area contributed by atoms with Crippen molar-refractivity contribution in [2.75, 3.05) is 7.11 Å². The van der Waals surface area contributed by atoms with E-state index in [0.29, 0.717) is 24.2 Å². The number of nitrogens with one attached hydrogen (secondary N) is 1. The van der Waals surface area contributed by atoms with Crippen LogP contribution in [0.5, 0.6) is 5.75 Å². The van der Waals surface area contributed by atoms with Gasteiger partial charge in [0.25, 0.3) is 0 Å². The number of benzene rings is 1. The van der Waals surface area contributed by atoms with E-state index in [2.05, 4.69) is 5.32 Å². The maximum atomic E-state index is 13.4. The summed E-state index contributed by atoms with van der Waals surface area (Å²) in [4.78, 5) is 12.3. The van der Waals surface area contributed by atoms with E-state index in [-0.39, 0.29) is 17.8 Å². The van der Waals surface area contributed by atoms with Gasteiger partial charge >= 0.3 is 0 Å². The Kier molecular flexibility index (Phi) is 4.28. The second-order valence-corrected chi connectivity index (χ2v) is 5.44. The Morgan fingerprint density at radius 2 is 2.10 bits per heavy atom. The predicted octanol–water partition coefficient (Wildman–Crippen LogP) is 2.28. The molecule has 0 heterocycles. The fourth-order valence-electron chi connectivity index (χ4n) is 2.69. The molecule has 1 aromatic rings. The van der Waals surface area contributed by atoms with Crippen molar-refractivity contribution in [3.05, 3.63) is 29.6 Å². The van der Waals surface area contributed by atoms with Crippen LogP contribution >= 0.6 is 0 Å². The zero-order valence-corrected chi connectivity index (χ0v) is 11.9. The first-order chi connectivity index (χ1) is 9.46. The third kappa shape index (κ3) is 2.93. The summed E-state index contributed by atoms with van der Waals surface area (Å²) in [6.07, 6.45) is 3.35. The molecule has 4 nitrogen and oxygen atoms in total. The molecule has 110 valence electrons. The van der Waals surface area contributed by atoms with Crippen LogP contribution in [0.2, 0.25) is 0 Å². The predicted molar refractivity (Wildman–Crippen MR) is 74.9 cm³/mol. The first kappa shape index (κ1) is 14.8. The van der Waals surface area contributed by atoms with E-state index in [1.54, 1.807) is 13.0 Å². The van der Waals surface area contributed by atoms with E-state index in [1.165, 1.54) is 19.2 Å². The van der Waals surface area contributed by atoms with Crippen molar-refractivity contribution in [3.8, 4) is 5.75 Å². The Balaban J connectivity index is 2.13. The minimum atomic E-state index is -0.783. The average Bonchev–Trinajstić information content (AvgIpc) is 2.87. The Morgan fingerprint density at radius 3 is 2.70 bits per heavy atom. The lowest BCUT2D eigenvalue weighted by molar-refractivity contribution is -0.126. The molecule has 0 aromatic heterocycles. The van der Waals surface area contributed by atoms with Crippen LogP contribution in [-0.4, -0.2) is 18.6 Å². The Bertz CT molecular complexity index is 499. The monoisotopic (exact) mass is 280 g/mol. The molecule has 20 heavy (non-hydrogen) atoms. The molecule has 1 aliphatic carbocycles. The number of nitrogens with two attached hydrogens (primary N) is 1. The first-order valence-electron chi connectivity index (χ1n) is 6.89. The Morgan fingerprint density at radius 1 is 1.45 bits per heavy atom. The van der Waals surface area contributed by atoms with Crippen LogP contribution in [0.15, 0.2) is 18.2 Å². The zero-order valence-electron chi connectivity index (χ0n) is 11.9. The standard InChI is InChI=1S/C15H21FN2O2/c1-10(12-9-11(16)5-6-13(12)20-2)18-14(19)15(17)7-3-4-8-15/h5-6,9-10H,3-4,7-8,17H2,1-2H3,(H,18,19). The summed E-state index contributed by atoms with van der Waals surface area (Å²) < 4.78 is 18.6. The molecule has 5 heteroatoms. The van der Waals surface area contributed by atoms with Crippen LogP contribution in [0, 0.1) is 5.82 Å². The molecule has 1 aliphatic rings. The van der Waals surface area contributed by atoms with Gasteiger partial charge in [-0.05, 0) is 38.0 Å². The number of methoxy groups -OCH3 is 1. The van der Waals surface area contributed by atoms with Gasteiger partial charge in [-0.15, -0.1) is 0 Å². The summed E-state index contributed by atoms with van der Waals surface area (Å²) in [5.41, 5.74) is 5.94. The minimum Gasteiger partial charge on any atom is -0.496 e. The van der Waals surface area contributed by atoms with Gasteiger partial charge in [0.15, 0.2) is 0 Å². The molecule has 1 unspecified atom stereocenters. The van der Waals surface area contributed by atoms with E-state index in [0.717, 1.165) is 12.8 Å². The molecule has 1 amide bonds. The van der Waals surface area contributed by atoms with Gasteiger partial charge in [0.05, 0.1) is 18.7 Å². The smallest absolute Gasteiger partial charge is 0.240 e. The Hall–Kier alpha value is -1.62. The molecule has 0 aliphatic heterocycles. The van der Waals surface area contributed by atoms with Crippen LogP contribution in [0.25, 0.3) is 0 Å². The SMILES string of the molecule is COc1ccc(F)cc1C(C)NC(=O)C1(N)CCCC1. The first-order valence-corrected chi connectivity index (χ1v) is 6.89. The number of halogens is 1. The molecule has 1 atom stereocenters. The highest BCUT2D eigenvalue weighted by Gasteiger charge is 2.37. The molecule has 1 aromatic carbocycles. The lowest BCUT2D eigenvalue weighted by Gasteiger charge is -2.26. The summed E-state index contributed by atoms with van der Waals surface area (Å²) in [6, 6.07) is 3.91. The van der Waals surface area contributed by atoms with Gasteiger partial charge in [-0.3, -0.25) is 4.79 Å². The van der Waals surface area contributed by atoms with Crippen LogP contribution < -0.4 is 15.8 Å². The third-order valence-electron chi connectivity index (χ3n) is 3.95. The fraction of sp³-hybridized carbons (Fsp3) is 0.533. The van der Waals surface area contributed by atoms with Crippen molar-refractivity contribution < 1.29 is 13.9 Å².